The maximum atomic E-state index is 16.0. The molecule has 1 aromatic carbocycles. The van der Waals surface area contributed by atoms with Gasteiger partial charge in [0, 0.05) is 12.2 Å². The molecule has 2 aliphatic rings. The number of alkyl carbamates (subject to hydrolysis) is 1. The predicted molar refractivity (Wildman–Crippen MR) is 152 cm³/mol. The first-order valence-electron chi connectivity index (χ1n) is 13.7. The normalized spacial score (nSPS) is 19.0. The summed E-state index contributed by atoms with van der Waals surface area (Å²) in [6, 6.07) is 4.60. The average molecular weight is 587 g/mol. The fourth-order valence-corrected chi connectivity index (χ4v) is 4.50. The van der Waals surface area contributed by atoms with E-state index in [1.165, 1.54) is 18.2 Å². The third kappa shape index (κ3) is 7.61. The molecule has 1 saturated heterocycles. The molecule has 0 unspecified atom stereocenters. The van der Waals surface area contributed by atoms with Gasteiger partial charge in [-0.25, -0.2) is 28.3 Å². The Labute approximate surface area is 243 Å². The molecule has 2 aromatic rings. The molecule has 1 fully saturated rings. The van der Waals surface area contributed by atoms with Gasteiger partial charge in [0.25, 0.3) is 5.91 Å². The van der Waals surface area contributed by atoms with Crippen molar-refractivity contribution in [1.82, 2.24) is 15.2 Å². The highest BCUT2D eigenvalue weighted by atomic mass is 19.1. The van der Waals surface area contributed by atoms with E-state index >= 15 is 4.39 Å². The number of carbonyl (C=O) groups is 3. The summed E-state index contributed by atoms with van der Waals surface area (Å²) in [7, 11) is 0. The van der Waals surface area contributed by atoms with Crippen molar-refractivity contribution in [2.75, 3.05) is 18.5 Å². The van der Waals surface area contributed by atoms with Crippen LogP contribution in [-0.4, -0.2) is 64.5 Å². The lowest BCUT2D eigenvalue weighted by molar-refractivity contribution is 0.0246. The first-order chi connectivity index (χ1) is 19.6. The highest BCUT2D eigenvalue weighted by molar-refractivity contribution is 6.09. The maximum absolute atomic E-state index is 16.0. The van der Waals surface area contributed by atoms with Gasteiger partial charge in [0.05, 0.1) is 36.5 Å². The Hall–Kier alpha value is -4.06. The Kier molecular flexibility index (Phi) is 8.86. The lowest BCUT2D eigenvalue weighted by Gasteiger charge is -2.33. The molecule has 0 spiro atoms. The molecule has 42 heavy (non-hydrogen) atoms. The van der Waals surface area contributed by atoms with Crippen molar-refractivity contribution >= 4 is 36.1 Å². The molecule has 0 bridgehead atoms. The molecule has 226 valence electrons. The molecule has 0 radical (unpaired) electrons. The van der Waals surface area contributed by atoms with Crippen LogP contribution in [0.25, 0.3) is 12.2 Å². The van der Waals surface area contributed by atoms with Crippen LogP contribution >= 0.6 is 0 Å². The van der Waals surface area contributed by atoms with Gasteiger partial charge < -0.3 is 24.8 Å². The molecule has 2 N–H and O–H groups in total. The zero-order chi connectivity index (χ0) is 30.8. The van der Waals surface area contributed by atoms with Crippen molar-refractivity contribution < 1.29 is 37.4 Å². The summed E-state index contributed by atoms with van der Waals surface area (Å²) in [6.45, 7) is 10.4. The van der Waals surface area contributed by atoms with E-state index in [0.717, 1.165) is 4.90 Å². The topological polar surface area (TPSA) is 119 Å². The Balaban J connectivity index is 1.68. The molecule has 2 atom stereocenters. The number of fused-ring (bicyclic) bond motifs is 1. The second-order valence-corrected chi connectivity index (χ2v) is 12.1. The molecule has 2 aliphatic heterocycles. The Morgan fingerprint density at radius 3 is 2.33 bits per heavy atom. The van der Waals surface area contributed by atoms with E-state index in [4.69, 9.17) is 14.2 Å². The predicted octanol–water partition coefficient (Wildman–Crippen LogP) is 5.52. The van der Waals surface area contributed by atoms with Gasteiger partial charge in [0.1, 0.15) is 17.0 Å². The third-order valence-corrected chi connectivity index (χ3v) is 6.34. The molecular formula is C30H36F2N4O6. The van der Waals surface area contributed by atoms with Gasteiger partial charge in [-0.3, -0.25) is 4.79 Å². The number of pyridine rings is 1. The summed E-state index contributed by atoms with van der Waals surface area (Å²) >= 11 is 0. The minimum Gasteiger partial charge on any atom is -0.444 e. The largest absolute Gasteiger partial charge is 0.444 e. The van der Waals surface area contributed by atoms with Crippen LogP contribution in [0.1, 0.15) is 75.1 Å². The van der Waals surface area contributed by atoms with Crippen molar-refractivity contribution in [3.8, 4) is 0 Å². The van der Waals surface area contributed by atoms with E-state index < -0.39 is 53.0 Å². The number of nitrogens with one attached hydrogen (secondary N) is 2. The maximum Gasteiger partial charge on any atom is 0.417 e. The van der Waals surface area contributed by atoms with Gasteiger partial charge in [-0.1, -0.05) is 18.2 Å². The van der Waals surface area contributed by atoms with E-state index in [0.29, 0.717) is 18.6 Å². The number of halogens is 2. The van der Waals surface area contributed by atoms with Crippen molar-refractivity contribution in [3.63, 3.8) is 0 Å². The van der Waals surface area contributed by atoms with Crippen molar-refractivity contribution in [2.45, 2.75) is 77.8 Å². The summed E-state index contributed by atoms with van der Waals surface area (Å²) in [4.78, 5) is 43.9. The van der Waals surface area contributed by atoms with Crippen LogP contribution in [0.3, 0.4) is 0 Å². The molecule has 3 amide bonds. The molecule has 0 aliphatic carbocycles. The number of aromatic nitrogens is 1. The van der Waals surface area contributed by atoms with E-state index in [-0.39, 0.29) is 35.8 Å². The molecule has 12 heteroatoms. The number of rotatable bonds is 5. The highest BCUT2D eigenvalue weighted by Crippen LogP contribution is 2.33. The monoisotopic (exact) mass is 586 g/mol. The molecule has 10 nitrogen and oxygen atoms in total. The molecule has 3 heterocycles. The van der Waals surface area contributed by atoms with Gasteiger partial charge in [0.2, 0.25) is 0 Å². The SMILES string of the molecule is CC(C)(C)OC(=O)N[C@H]1COCC[C@H]1Nc1nc(C=Cc2ccc(F)cc2)c2c(c1F)CN(C(=O)OC(C)(C)C)C2=O. The van der Waals surface area contributed by atoms with Crippen LogP contribution in [0.5, 0.6) is 0 Å². The fraction of sp³-hybridized carbons (Fsp3) is 0.467. The minimum atomic E-state index is -0.905. The highest BCUT2D eigenvalue weighted by Gasteiger charge is 2.40. The fourth-order valence-electron chi connectivity index (χ4n) is 4.50. The van der Waals surface area contributed by atoms with Crippen LogP contribution < -0.4 is 10.6 Å². The van der Waals surface area contributed by atoms with Gasteiger partial charge in [-0.05, 0) is 71.7 Å². The molecule has 4 rings (SSSR count). The summed E-state index contributed by atoms with van der Waals surface area (Å²) in [5.74, 6) is -2.11. The van der Waals surface area contributed by atoms with Crippen LogP contribution in [0.15, 0.2) is 24.3 Å². The summed E-state index contributed by atoms with van der Waals surface area (Å²) in [6.07, 6.45) is 1.98. The van der Waals surface area contributed by atoms with Gasteiger partial charge in [-0.2, -0.15) is 0 Å². The summed E-state index contributed by atoms with van der Waals surface area (Å²) in [5, 5.41) is 5.84. The molecule has 0 saturated carbocycles. The van der Waals surface area contributed by atoms with Gasteiger partial charge >= 0.3 is 12.2 Å². The number of nitrogens with zero attached hydrogens (tertiary/aromatic N) is 2. The second kappa shape index (κ2) is 12.0. The third-order valence-electron chi connectivity index (χ3n) is 6.34. The second-order valence-electron chi connectivity index (χ2n) is 12.1. The average Bonchev–Trinajstić information content (AvgIpc) is 3.23. The number of amides is 3. The number of ether oxygens (including phenoxy) is 3. The number of benzene rings is 1. The Morgan fingerprint density at radius 2 is 1.69 bits per heavy atom. The lowest BCUT2D eigenvalue weighted by Crippen LogP contribution is -2.53. The van der Waals surface area contributed by atoms with Crippen molar-refractivity contribution in [3.05, 3.63) is 58.3 Å². The van der Waals surface area contributed by atoms with E-state index in [2.05, 4.69) is 15.6 Å². The van der Waals surface area contributed by atoms with E-state index in [1.54, 1.807) is 59.8 Å². The Morgan fingerprint density at radius 1 is 1.02 bits per heavy atom. The number of anilines is 1. The van der Waals surface area contributed by atoms with Crippen LogP contribution in [0.2, 0.25) is 0 Å². The quantitative estimate of drug-likeness (QED) is 0.471. The number of carbonyl (C=O) groups excluding carboxylic acids is 3. The Bertz CT molecular complexity index is 1380. The van der Waals surface area contributed by atoms with Crippen LogP contribution in [-0.2, 0) is 20.8 Å². The van der Waals surface area contributed by atoms with Gasteiger partial charge in [-0.15, -0.1) is 0 Å². The first kappa shape index (κ1) is 30.9. The smallest absolute Gasteiger partial charge is 0.417 e. The number of hydrogen-bond acceptors (Lipinski definition) is 8. The van der Waals surface area contributed by atoms with Crippen molar-refractivity contribution in [2.24, 2.45) is 0 Å². The zero-order valence-electron chi connectivity index (χ0n) is 24.5. The van der Waals surface area contributed by atoms with Gasteiger partial charge in [0.15, 0.2) is 11.6 Å². The standard InChI is InChI=1S/C30H36F2N4O6/c1-29(2,3)41-27(38)35-22-16-40-14-13-20(22)33-25-24(32)19-15-36(28(39)42-30(4,5)6)26(37)23(19)21(34-25)12-9-17-7-10-18(31)11-8-17/h7-12,20,22H,13-16H2,1-6H3,(H,33,34)(H,35,38)/t20-,22+/m1/s1. The summed E-state index contributed by atoms with van der Waals surface area (Å²) in [5.41, 5.74) is -0.956. The zero-order valence-corrected chi connectivity index (χ0v) is 24.5. The number of imide groups is 1. The van der Waals surface area contributed by atoms with Crippen LogP contribution in [0.4, 0.5) is 24.2 Å². The van der Waals surface area contributed by atoms with E-state index in [1.807, 2.05) is 0 Å². The van der Waals surface area contributed by atoms with Crippen molar-refractivity contribution in [1.29, 1.82) is 0 Å². The van der Waals surface area contributed by atoms with Crippen LogP contribution in [0, 0.1) is 11.6 Å². The molecular weight excluding hydrogens is 550 g/mol. The first-order valence-corrected chi connectivity index (χ1v) is 13.7. The minimum absolute atomic E-state index is 0.0224. The summed E-state index contributed by atoms with van der Waals surface area (Å²) < 4.78 is 45.7. The lowest BCUT2D eigenvalue weighted by atomic mass is 10.0. The molecule has 1 aromatic heterocycles. The number of hydrogen-bond donors (Lipinski definition) is 2. The van der Waals surface area contributed by atoms with E-state index in [9.17, 15) is 18.8 Å².